The molecule has 0 aliphatic rings. The van der Waals surface area contributed by atoms with Gasteiger partial charge in [0, 0.05) is 22.9 Å². The van der Waals surface area contributed by atoms with E-state index in [9.17, 15) is 10.1 Å². The van der Waals surface area contributed by atoms with Crippen LogP contribution in [0.2, 0.25) is 5.02 Å². The summed E-state index contributed by atoms with van der Waals surface area (Å²) in [6.07, 6.45) is 0. The lowest BCUT2D eigenvalue weighted by Crippen LogP contribution is -1.91. The molecule has 3 rings (SSSR count). The minimum atomic E-state index is -0.443. The highest BCUT2D eigenvalue weighted by Crippen LogP contribution is 2.35. The van der Waals surface area contributed by atoms with Gasteiger partial charge in [-0.15, -0.1) is 0 Å². The number of nitro benzene ring substituents is 1. The van der Waals surface area contributed by atoms with Gasteiger partial charge in [0.2, 0.25) is 0 Å². The second-order valence-corrected chi connectivity index (χ2v) is 6.43. The normalized spacial score (nSPS) is 10.8. The molecule has 9 heteroatoms. The predicted molar refractivity (Wildman–Crippen MR) is 96.9 cm³/mol. The molecule has 0 aliphatic heterocycles. The van der Waals surface area contributed by atoms with Crippen molar-refractivity contribution < 1.29 is 14.4 Å². The van der Waals surface area contributed by atoms with Crippen molar-refractivity contribution in [3.63, 3.8) is 0 Å². The molecule has 1 aromatic heterocycles. The number of halogens is 1. The lowest BCUT2D eigenvalue weighted by atomic mass is 10.2. The van der Waals surface area contributed by atoms with Crippen molar-refractivity contribution in [2.24, 2.45) is 0 Å². The maximum absolute atomic E-state index is 10.9. The van der Waals surface area contributed by atoms with E-state index in [0.29, 0.717) is 38.5 Å². The van der Waals surface area contributed by atoms with Gasteiger partial charge in [0.05, 0.1) is 19.1 Å². The van der Waals surface area contributed by atoms with E-state index < -0.39 is 4.92 Å². The Morgan fingerprint density at radius 2 is 1.96 bits per heavy atom. The van der Waals surface area contributed by atoms with Crippen molar-refractivity contribution in [1.82, 2.24) is 9.97 Å². The van der Waals surface area contributed by atoms with E-state index in [1.54, 1.807) is 26.4 Å². The number of H-pyrrole nitrogens is 1. The van der Waals surface area contributed by atoms with Crippen molar-refractivity contribution in [3.8, 4) is 11.5 Å². The SMILES string of the molecule is COc1ccc(OC)c2[nH]c(SCc3cc([N+](=O)[O-])ccc3Cl)nc12. The molecule has 0 fully saturated rings. The number of thioether (sulfide) groups is 1. The van der Waals surface area contributed by atoms with Crippen LogP contribution in [-0.2, 0) is 5.75 Å². The summed E-state index contributed by atoms with van der Waals surface area (Å²) in [6, 6.07) is 7.96. The van der Waals surface area contributed by atoms with Gasteiger partial charge in [-0.25, -0.2) is 4.98 Å². The molecule has 0 spiro atoms. The highest BCUT2D eigenvalue weighted by Gasteiger charge is 2.15. The third-order valence-electron chi connectivity index (χ3n) is 3.59. The molecule has 0 saturated heterocycles. The van der Waals surface area contributed by atoms with Crippen molar-refractivity contribution in [2.75, 3.05) is 14.2 Å². The maximum Gasteiger partial charge on any atom is 0.269 e. The number of ether oxygens (including phenoxy) is 2. The van der Waals surface area contributed by atoms with Gasteiger partial charge in [0.15, 0.2) is 5.16 Å². The number of nitro groups is 1. The average molecular weight is 380 g/mol. The summed E-state index contributed by atoms with van der Waals surface area (Å²) in [6.45, 7) is 0. The Bertz CT molecular complexity index is 904. The number of benzene rings is 2. The largest absolute Gasteiger partial charge is 0.494 e. The lowest BCUT2D eigenvalue weighted by molar-refractivity contribution is -0.384. The molecule has 130 valence electrons. The first-order chi connectivity index (χ1) is 12.0. The van der Waals surface area contributed by atoms with Crippen molar-refractivity contribution in [2.45, 2.75) is 10.9 Å². The molecule has 0 atom stereocenters. The van der Waals surface area contributed by atoms with Gasteiger partial charge in [0.1, 0.15) is 22.5 Å². The Hall–Kier alpha value is -2.45. The molecule has 1 heterocycles. The first-order valence-corrected chi connectivity index (χ1v) is 8.56. The van der Waals surface area contributed by atoms with Crippen LogP contribution in [0.4, 0.5) is 5.69 Å². The zero-order valence-corrected chi connectivity index (χ0v) is 15.0. The number of aromatic amines is 1. The second kappa shape index (κ2) is 7.20. The summed E-state index contributed by atoms with van der Waals surface area (Å²) in [5.41, 5.74) is 2.07. The Kier molecular flexibility index (Phi) is 5.00. The smallest absolute Gasteiger partial charge is 0.269 e. The summed E-state index contributed by atoms with van der Waals surface area (Å²) in [7, 11) is 3.16. The maximum atomic E-state index is 10.9. The number of nitrogens with one attached hydrogen (secondary N) is 1. The molecule has 0 bridgehead atoms. The monoisotopic (exact) mass is 379 g/mol. The zero-order chi connectivity index (χ0) is 18.0. The minimum Gasteiger partial charge on any atom is -0.494 e. The van der Waals surface area contributed by atoms with Gasteiger partial charge in [-0.05, 0) is 23.8 Å². The molecule has 3 aromatic rings. The van der Waals surface area contributed by atoms with Crippen LogP contribution in [0.5, 0.6) is 11.5 Å². The number of aromatic nitrogens is 2. The molecule has 0 radical (unpaired) electrons. The van der Waals surface area contributed by atoms with Crippen LogP contribution < -0.4 is 9.47 Å². The molecular weight excluding hydrogens is 366 g/mol. The van der Waals surface area contributed by atoms with Crippen LogP contribution in [0, 0.1) is 10.1 Å². The van der Waals surface area contributed by atoms with Gasteiger partial charge in [0.25, 0.3) is 5.69 Å². The highest BCUT2D eigenvalue weighted by molar-refractivity contribution is 7.98. The van der Waals surface area contributed by atoms with E-state index in [1.807, 2.05) is 0 Å². The van der Waals surface area contributed by atoms with E-state index in [1.165, 1.54) is 30.0 Å². The Morgan fingerprint density at radius 3 is 2.64 bits per heavy atom. The topological polar surface area (TPSA) is 90.3 Å². The molecule has 0 amide bonds. The van der Waals surface area contributed by atoms with Crippen LogP contribution in [-0.4, -0.2) is 29.1 Å². The van der Waals surface area contributed by atoms with E-state index in [-0.39, 0.29) is 5.69 Å². The Morgan fingerprint density at radius 1 is 1.24 bits per heavy atom. The molecule has 0 aliphatic carbocycles. The van der Waals surface area contributed by atoms with Gasteiger partial charge >= 0.3 is 0 Å². The van der Waals surface area contributed by atoms with Crippen molar-refractivity contribution in [3.05, 3.63) is 51.0 Å². The van der Waals surface area contributed by atoms with Crippen LogP contribution in [0.25, 0.3) is 11.0 Å². The number of rotatable bonds is 6. The molecular formula is C16H14ClN3O4S. The molecule has 7 nitrogen and oxygen atoms in total. The van der Waals surface area contributed by atoms with Crippen molar-refractivity contribution in [1.29, 1.82) is 0 Å². The third kappa shape index (κ3) is 3.49. The zero-order valence-electron chi connectivity index (χ0n) is 13.4. The number of hydrogen-bond donors (Lipinski definition) is 1. The van der Waals surface area contributed by atoms with Gasteiger partial charge in [-0.3, -0.25) is 10.1 Å². The molecule has 0 unspecified atom stereocenters. The van der Waals surface area contributed by atoms with E-state index >= 15 is 0 Å². The highest BCUT2D eigenvalue weighted by atomic mass is 35.5. The van der Waals surface area contributed by atoms with E-state index in [2.05, 4.69) is 9.97 Å². The number of imidazole rings is 1. The Labute approximate surface area is 152 Å². The number of fused-ring (bicyclic) bond motifs is 1. The molecule has 0 saturated carbocycles. The van der Waals surface area contributed by atoms with Gasteiger partial charge < -0.3 is 14.5 Å². The quantitative estimate of drug-likeness (QED) is 0.387. The van der Waals surface area contributed by atoms with Crippen LogP contribution in [0.1, 0.15) is 5.56 Å². The first-order valence-electron chi connectivity index (χ1n) is 7.19. The number of hydrogen-bond acceptors (Lipinski definition) is 6. The third-order valence-corrected chi connectivity index (χ3v) is 4.88. The van der Waals surface area contributed by atoms with Gasteiger partial charge in [-0.1, -0.05) is 23.4 Å². The summed E-state index contributed by atoms with van der Waals surface area (Å²) >= 11 is 7.52. The molecule has 1 N–H and O–H groups in total. The number of non-ortho nitro benzene ring substituents is 1. The fourth-order valence-electron chi connectivity index (χ4n) is 2.36. The van der Waals surface area contributed by atoms with Crippen LogP contribution in [0.15, 0.2) is 35.5 Å². The molecule has 25 heavy (non-hydrogen) atoms. The fraction of sp³-hybridized carbons (Fsp3) is 0.188. The van der Waals surface area contributed by atoms with E-state index in [0.717, 1.165) is 5.52 Å². The summed E-state index contributed by atoms with van der Waals surface area (Å²) in [5, 5.41) is 12.0. The van der Waals surface area contributed by atoms with Crippen molar-refractivity contribution >= 4 is 40.1 Å². The summed E-state index contributed by atoms with van der Waals surface area (Å²) in [5.74, 6) is 1.72. The standard InChI is InChI=1S/C16H14ClN3O4S/c1-23-12-5-6-13(24-2)15-14(12)18-16(19-15)25-8-9-7-10(20(21)22)3-4-11(9)17/h3-7H,8H2,1-2H3,(H,18,19). The summed E-state index contributed by atoms with van der Waals surface area (Å²) < 4.78 is 10.7. The van der Waals surface area contributed by atoms with Crippen LogP contribution in [0.3, 0.4) is 0 Å². The number of nitrogens with zero attached hydrogens (tertiary/aromatic N) is 2. The number of methoxy groups -OCH3 is 2. The lowest BCUT2D eigenvalue weighted by Gasteiger charge is -2.04. The minimum absolute atomic E-state index is 0.00736. The predicted octanol–water partition coefficient (Wildman–Crippen LogP) is 4.43. The average Bonchev–Trinajstić information content (AvgIpc) is 3.04. The summed E-state index contributed by atoms with van der Waals surface area (Å²) in [4.78, 5) is 18.2. The molecule has 2 aromatic carbocycles. The van der Waals surface area contributed by atoms with E-state index in [4.69, 9.17) is 21.1 Å². The van der Waals surface area contributed by atoms with Gasteiger partial charge in [-0.2, -0.15) is 0 Å². The fourth-order valence-corrected chi connectivity index (χ4v) is 3.48. The second-order valence-electron chi connectivity index (χ2n) is 5.06. The van der Waals surface area contributed by atoms with Crippen LogP contribution >= 0.6 is 23.4 Å². The Balaban J connectivity index is 1.89. The first kappa shape index (κ1) is 17.4.